The van der Waals surface area contributed by atoms with Gasteiger partial charge in [-0.3, -0.25) is 4.90 Å². The van der Waals surface area contributed by atoms with Crippen LogP contribution < -0.4 is 10.6 Å². The van der Waals surface area contributed by atoms with E-state index in [9.17, 15) is 0 Å². The van der Waals surface area contributed by atoms with Gasteiger partial charge in [0.25, 0.3) is 0 Å². The first-order valence-electron chi connectivity index (χ1n) is 7.33. The average molecular weight is 338 g/mol. The summed E-state index contributed by atoms with van der Waals surface area (Å²) in [5.41, 5.74) is 1.11. The maximum Gasteiger partial charge on any atom is 0.223 e. The maximum absolute atomic E-state index is 5.98. The quantitative estimate of drug-likeness (QED) is 0.878. The lowest BCUT2D eigenvalue weighted by atomic mass is 10.1. The average Bonchev–Trinajstić information content (AvgIpc) is 3.06. The van der Waals surface area contributed by atoms with Gasteiger partial charge >= 0.3 is 0 Å². The highest BCUT2D eigenvalue weighted by Gasteiger charge is 2.30. The summed E-state index contributed by atoms with van der Waals surface area (Å²) in [7, 11) is 0. The number of aromatic nitrogens is 2. The highest BCUT2D eigenvalue weighted by Crippen LogP contribution is 2.29. The number of nitrogens with one attached hydrogen (secondary N) is 2. The largest absolute Gasteiger partial charge is 0.353 e. The normalized spacial score (nSPS) is 17.8. The second-order valence-electron chi connectivity index (χ2n) is 5.96. The molecule has 1 aliphatic heterocycles. The summed E-state index contributed by atoms with van der Waals surface area (Å²) in [6, 6.07) is 5.78. The van der Waals surface area contributed by atoms with Crippen molar-refractivity contribution in [3.8, 4) is 10.6 Å². The molecule has 118 valence electrons. The molecule has 0 radical (unpaired) electrons. The number of nitrogens with zero attached hydrogens (tertiary/aromatic N) is 3. The molecule has 3 heterocycles. The third kappa shape index (κ3) is 3.57. The Morgan fingerprint density at radius 1 is 1.41 bits per heavy atom. The molecular formula is C15H20ClN5S. The highest BCUT2D eigenvalue weighted by molar-refractivity contribution is 7.19. The van der Waals surface area contributed by atoms with E-state index < -0.39 is 0 Å². The van der Waals surface area contributed by atoms with E-state index in [2.05, 4.69) is 39.3 Å². The van der Waals surface area contributed by atoms with Gasteiger partial charge in [-0.1, -0.05) is 11.6 Å². The van der Waals surface area contributed by atoms with Crippen molar-refractivity contribution in [3.63, 3.8) is 0 Å². The van der Waals surface area contributed by atoms with Gasteiger partial charge in [-0.15, -0.1) is 11.3 Å². The molecule has 2 aromatic heterocycles. The Morgan fingerprint density at radius 2 is 2.27 bits per heavy atom. The Bertz CT molecular complexity index is 642. The first kappa shape index (κ1) is 15.7. The molecule has 1 fully saturated rings. The monoisotopic (exact) mass is 337 g/mol. The zero-order valence-corrected chi connectivity index (χ0v) is 14.3. The first-order chi connectivity index (χ1) is 10.5. The Hall–Kier alpha value is -1.21. The van der Waals surface area contributed by atoms with E-state index >= 15 is 0 Å². The summed E-state index contributed by atoms with van der Waals surface area (Å²) in [6.07, 6.45) is 1.78. The lowest BCUT2D eigenvalue weighted by Crippen LogP contribution is -2.42. The zero-order chi connectivity index (χ0) is 15.6. The highest BCUT2D eigenvalue weighted by atomic mass is 35.5. The second-order valence-corrected chi connectivity index (χ2v) is 7.67. The SMILES string of the molecule is CC1(C)CNCN1CCNc1nccc(-c2ccc(Cl)s2)n1. The minimum Gasteiger partial charge on any atom is -0.353 e. The van der Waals surface area contributed by atoms with Gasteiger partial charge in [0.2, 0.25) is 5.95 Å². The van der Waals surface area contributed by atoms with Crippen LogP contribution >= 0.6 is 22.9 Å². The van der Waals surface area contributed by atoms with E-state index in [1.165, 1.54) is 11.3 Å². The summed E-state index contributed by atoms with van der Waals surface area (Å²) in [5.74, 6) is 0.659. The van der Waals surface area contributed by atoms with Gasteiger partial charge in [0, 0.05) is 38.0 Å². The number of hydrogen-bond donors (Lipinski definition) is 2. The third-order valence-electron chi connectivity index (χ3n) is 3.86. The maximum atomic E-state index is 5.98. The molecule has 22 heavy (non-hydrogen) atoms. The van der Waals surface area contributed by atoms with Crippen LogP contribution in [0.5, 0.6) is 0 Å². The van der Waals surface area contributed by atoms with E-state index in [1.807, 2.05) is 18.2 Å². The first-order valence-corrected chi connectivity index (χ1v) is 8.52. The van der Waals surface area contributed by atoms with Crippen molar-refractivity contribution in [2.75, 3.05) is 31.6 Å². The zero-order valence-electron chi connectivity index (χ0n) is 12.8. The molecular weight excluding hydrogens is 318 g/mol. The molecule has 0 atom stereocenters. The molecule has 1 aliphatic rings. The molecule has 0 aromatic carbocycles. The van der Waals surface area contributed by atoms with Crippen molar-refractivity contribution in [1.29, 1.82) is 0 Å². The van der Waals surface area contributed by atoms with E-state index in [-0.39, 0.29) is 5.54 Å². The number of thiophene rings is 1. The van der Waals surface area contributed by atoms with Crippen molar-refractivity contribution in [1.82, 2.24) is 20.2 Å². The van der Waals surface area contributed by atoms with Crippen LogP contribution in [0.3, 0.4) is 0 Å². The minimum atomic E-state index is 0.206. The van der Waals surface area contributed by atoms with Gasteiger partial charge in [0.15, 0.2) is 0 Å². The van der Waals surface area contributed by atoms with Crippen molar-refractivity contribution >= 4 is 28.9 Å². The number of rotatable bonds is 5. The number of hydrogen-bond acceptors (Lipinski definition) is 6. The fraction of sp³-hybridized carbons (Fsp3) is 0.467. The standard InChI is InChI=1S/C15H20ClN5S/c1-15(2)9-17-10-21(15)8-7-19-14-18-6-5-11(20-14)12-3-4-13(16)22-12/h3-6,17H,7-10H2,1-2H3,(H,18,19,20). The van der Waals surface area contributed by atoms with Crippen LogP contribution in [-0.4, -0.2) is 46.7 Å². The van der Waals surface area contributed by atoms with Gasteiger partial charge < -0.3 is 10.6 Å². The summed E-state index contributed by atoms with van der Waals surface area (Å²) in [4.78, 5) is 12.3. The molecule has 0 amide bonds. The van der Waals surface area contributed by atoms with Gasteiger partial charge in [-0.05, 0) is 32.0 Å². The van der Waals surface area contributed by atoms with Gasteiger partial charge in [-0.2, -0.15) is 0 Å². The molecule has 2 N–H and O–H groups in total. The summed E-state index contributed by atoms with van der Waals surface area (Å²) < 4.78 is 0.770. The van der Waals surface area contributed by atoms with Crippen LogP contribution in [0.1, 0.15) is 13.8 Å². The summed E-state index contributed by atoms with van der Waals surface area (Å²) >= 11 is 7.51. The summed E-state index contributed by atoms with van der Waals surface area (Å²) in [6.45, 7) is 8.24. The Morgan fingerprint density at radius 3 is 2.95 bits per heavy atom. The minimum absolute atomic E-state index is 0.206. The topological polar surface area (TPSA) is 53.1 Å². The van der Waals surface area contributed by atoms with Gasteiger partial charge in [-0.25, -0.2) is 9.97 Å². The Labute approximate surface area is 139 Å². The third-order valence-corrected chi connectivity index (χ3v) is 5.12. The fourth-order valence-electron chi connectivity index (χ4n) is 2.54. The van der Waals surface area contributed by atoms with Crippen LogP contribution in [-0.2, 0) is 0 Å². The Kier molecular flexibility index (Phi) is 4.63. The molecule has 0 spiro atoms. The molecule has 7 heteroatoms. The number of halogens is 1. The van der Waals surface area contributed by atoms with Gasteiger partial charge in [0.1, 0.15) is 0 Å². The molecule has 0 aliphatic carbocycles. The fourth-order valence-corrected chi connectivity index (χ4v) is 3.55. The molecule has 0 saturated carbocycles. The molecule has 0 unspecified atom stereocenters. The van der Waals surface area contributed by atoms with Crippen molar-refractivity contribution < 1.29 is 0 Å². The van der Waals surface area contributed by atoms with Crippen LogP contribution in [0.4, 0.5) is 5.95 Å². The van der Waals surface area contributed by atoms with Gasteiger partial charge in [0.05, 0.1) is 14.9 Å². The lowest BCUT2D eigenvalue weighted by Gasteiger charge is -2.30. The van der Waals surface area contributed by atoms with E-state index in [4.69, 9.17) is 11.6 Å². The smallest absolute Gasteiger partial charge is 0.223 e. The predicted octanol–water partition coefficient (Wildman–Crippen LogP) is 2.91. The Balaban J connectivity index is 1.59. The van der Waals surface area contributed by atoms with E-state index in [1.54, 1.807) is 6.20 Å². The van der Waals surface area contributed by atoms with E-state index in [0.717, 1.165) is 41.2 Å². The van der Waals surface area contributed by atoms with Crippen molar-refractivity contribution in [2.24, 2.45) is 0 Å². The molecule has 1 saturated heterocycles. The van der Waals surface area contributed by atoms with E-state index in [0.29, 0.717) is 5.95 Å². The molecule has 5 nitrogen and oxygen atoms in total. The molecule has 3 rings (SSSR count). The van der Waals surface area contributed by atoms with Crippen LogP contribution in [0.2, 0.25) is 4.34 Å². The molecule has 2 aromatic rings. The molecule has 0 bridgehead atoms. The lowest BCUT2D eigenvalue weighted by molar-refractivity contribution is 0.190. The second kappa shape index (κ2) is 6.50. The van der Waals surface area contributed by atoms with Crippen LogP contribution in [0.15, 0.2) is 24.4 Å². The van der Waals surface area contributed by atoms with Crippen molar-refractivity contribution in [3.05, 3.63) is 28.7 Å². The summed E-state index contributed by atoms with van der Waals surface area (Å²) in [5, 5.41) is 6.71. The van der Waals surface area contributed by atoms with Crippen LogP contribution in [0.25, 0.3) is 10.6 Å². The van der Waals surface area contributed by atoms with Crippen molar-refractivity contribution in [2.45, 2.75) is 19.4 Å². The predicted molar refractivity (Wildman–Crippen MR) is 92.5 cm³/mol. The number of anilines is 1. The van der Waals surface area contributed by atoms with Crippen LogP contribution in [0, 0.1) is 0 Å².